The summed E-state index contributed by atoms with van der Waals surface area (Å²) < 4.78 is 81.9. The van der Waals surface area contributed by atoms with E-state index in [0.717, 1.165) is 27.8 Å². The first-order valence-electron chi connectivity index (χ1n) is 20.2. The van der Waals surface area contributed by atoms with Crippen LogP contribution in [-0.4, -0.2) is 81.8 Å². The molecule has 59 heavy (non-hydrogen) atoms. The van der Waals surface area contributed by atoms with E-state index in [-0.39, 0.29) is 33.0 Å². The van der Waals surface area contributed by atoms with Gasteiger partial charge in [-0.05, 0) is 22.3 Å². The van der Waals surface area contributed by atoms with Gasteiger partial charge in [0.2, 0.25) is 0 Å². The Balaban J connectivity index is 1.09. The van der Waals surface area contributed by atoms with Crippen LogP contribution in [0, 0.1) is 0 Å². The zero-order valence-electron chi connectivity index (χ0n) is 33.0. The molecule has 310 valence electrons. The van der Waals surface area contributed by atoms with Crippen molar-refractivity contribution in [2.45, 2.75) is 94.2 Å². The smallest absolute Gasteiger partial charge is 0.192 e. The number of methoxy groups -OCH3 is 1. The normalized spacial score (nSPS) is 29.4. The predicted molar refractivity (Wildman–Crippen MR) is 215 cm³/mol. The van der Waals surface area contributed by atoms with E-state index in [1.807, 2.05) is 152 Å². The van der Waals surface area contributed by atoms with Crippen LogP contribution in [0.2, 0.25) is 0 Å². The quantitative estimate of drug-likeness (QED) is 0.0925. The minimum atomic E-state index is -1.79. The molecule has 11 atom stereocenters. The number of hydrogen-bond donors (Lipinski definition) is 0. The summed E-state index contributed by atoms with van der Waals surface area (Å²) in [7, 11) is 1.56. The summed E-state index contributed by atoms with van der Waals surface area (Å²) in [4.78, 5) is 0. The molecule has 10 nitrogen and oxygen atoms in total. The van der Waals surface area contributed by atoms with Crippen LogP contribution in [-0.2, 0) is 73.8 Å². The number of hydrogen-bond acceptors (Lipinski definition) is 10. The van der Waals surface area contributed by atoms with E-state index < -0.39 is 67.8 Å². The van der Waals surface area contributed by atoms with E-state index in [2.05, 4.69) is 0 Å². The Morgan fingerprint density at radius 2 is 1.02 bits per heavy atom. The second-order valence-corrected chi connectivity index (χ2v) is 14.8. The van der Waals surface area contributed by atoms with Crippen molar-refractivity contribution in [3.05, 3.63) is 179 Å². The zero-order chi connectivity index (χ0) is 40.2. The second-order valence-electron chi connectivity index (χ2n) is 14.8. The molecule has 3 saturated heterocycles. The second kappa shape index (κ2) is 20.7. The van der Waals surface area contributed by atoms with Crippen molar-refractivity contribution in [3.8, 4) is 0 Å². The lowest BCUT2D eigenvalue weighted by molar-refractivity contribution is -0.386. The topological polar surface area (TPSA) is 92.3 Å². The number of fused-ring (bicyclic) bond motifs is 1. The van der Waals surface area contributed by atoms with Gasteiger partial charge < -0.3 is 47.4 Å². The molecule has 3 aliphatic rings. The Kier molecular flexibility index (Phi) is 14.5. The Hall–Kier alpha value is -4.37. The van der Waals surface area contributed by atoms with Crippen molar-refractivity contribution in [1.29, 1.82) is 0 Å². The Labute approximate surface area is 345 Å². The van der Waals surface area contributed by atoms with Gasteiger partial charge in [-0.15, -0.1) is 0 Å². The number of ether oxygens (including phenoxy) is 10. The van der Waals surface area contributed by atoms with E-state index in [1.165, 1.54) is 0 Å². The molecule has 5 aromatic rings. The molecule has 0 radical (unpaired) electrons. The van der Waals surface area contributed by atoms with Gasteiger partial charge >= 0.3 is 0 Å². The molecule has 11 heteroatoms. The summed E-state index contributed by atoms with van der Waals surface area (Å²) in [6, 6.07) is 48.6. The highest BCUT2D eigenvalue weighted by atomic mass is 19.1. The largest absolute Gasteiger partial charge is 0.374 e. The third-order valence-electron chi connectivity index (χ3n) is 10.7. The van der Waals surface area contributed by atoms with Crippen LogP contribution in [0.3, 0.4) is 0 Å². The van der Waals surface area contributed by atoms with Crippen LogP contribution in [0.1, 0.15) is 34.1 Å². The van der Waals surface area contributed by atoms with Gasteiger partial charge in [0.15, 0.2) is 25.0 Å². The summed E-state index contributed by atoms with van der Waals surface area (Å²) in [5.41, 5.74) is 4.57. The molecule has 0 saturated carbocycles. The van der Waals surface area contributed by atoms with Crippen LogP contribution in [0.25, 0.3) is 0 Å². The molecular formula is C48H51FO10. The fourth-order valence-corrected chi connectivity index (χ4v) is 7.67. The Morgan fingerprint density at radius 1 is 0.525 bits per heavy atom. The molecule has 0 aromatic heterocycles. The van der Waals surface area contributed by atoms with Gasteiger partial charge in [0.1, 0.15) is 42.7 Å². The van der Waals surface area contributed by atoms with Gasteiger partial charge in [-0.25, -0.2) is 4.39 Å². The predicted octanol–water partition coefficient (Wildman–Crippen LogP) is 7.89. The lowest BCUT2D eigenvalue weighted by Gasteiger charge is -2.50. The summed E-state index contributed by atoms with van der Waals surface area (Å²) in [5.74, 6) is 0. The van der Waals surface area contributed by atoms with E-state index in [1.54, 1.807) is 7.11 Å². The molecule has 0 N–H and O–H groups in total. The van der Waals surface area contributed by atoms with Crippen LogP contribution in [0.4, 0.5) is 4.39 Å². The third kappa shape index (κ3) is 10.7. The first-order chi connectivity index (χ1) is 29.1. The molecule has 3 fully saturated rings. The van der Waals surface area contributed by atoms with Gasteiger partial charge in [-0.3, -0.25) is 0 Å². The average molecular weight is 807 g/mol. The standard InChI is InChI=1S/C48H51FO10/c1-50-48-45(54-30-36-23-13-5-14-24-36)44(53-29-35-21-11-4-12-22-35)42(38(57-48)31-51-27-33-17-7-2-8-18-33)59-47-40(49)43(52-28-34-19-9-3-10-20-34)41-39(56-47)32-55-46(58-41)37-25-15-6-16-26-37/h2-26,38-48H,27-32H2,1H3/t38-,39-,40+,41-,42-,43-,44+,45-,46-,47-,48+/m1/s1. The number of halogens is 1. The number of benzene rings is 5. The maximum Gasteiger partial charge on any atom is 0.192 e. The zero-order valence-corrected chi connectivity index (χ0v) is 33.0. The van der Waals surface area contributed by atoms with Gasteiger partial charge in [0.25, 0.3) is 0 Å². The average Bonchev–Trinajstić information content (AvgIpc) is 3.29. The van der Waals surface area contributed by atoms with Gasteiger partial charge in [0, 0.05) is 12.7 Å². The van der Waals surface area contributed by atoms with E-state index >= 15 is 4.39 Å². The van der Waals surface area contributed by atoms with Crippen molar-refractivity contribution in [3.63, 3.8) is 0 Å². The third-order valence-corrected chi connectivity index (χ3v) is 10.7. The Morgan fingerprint density at radius 3 is 1.56 bits per heavy atom. The SMILES string of the molecule is CO[C@H]1O[C@H](COCc2ccccc2)[C@@H](O[C@H]2O[C@@H]3CO[C@@H](c4ccccc4)O[C@H]3[C@H](OCc3ccccc3)[C@@H]2F)[C@H](OCc2ccccc2)[C@H]1OCc1ccccc1. The van der Waals surface area contributed by atoms with Crippen molar-refractivity contribution in [1.82, 2.24) is 0 Å². The molecular weight excluding hydrogens is 756 g/mol. The van der Waals surface area contributed by atoms with Gasteiger partial charge in [-0.1, -0.05) is 152 Å². The van der Waals surface area contributed by atoms with Crippen LogP contribution >= 0.6 is 0 Å². The fraction of sp³-hybridized carbons (Fsp3) is 0.375. The minimum Gasteiger partial charge on any atom is -0.374 e. The van der Waals surface area contributed by atoms with E-state index in [4.69, 9.17) is 47.4 Å². The monoisotopic (exact) mass is 806 g/mol. The number of rotatable bonds is 17. The molecule has 0 unspecified atom stereocenters. The fourth-order valence-electron chi connectivity index (χ4n) is 7.67. The summed E-state index contributed by atoms with van der Waals surface area (Å²) in [6.45, 7) is 1.12. The molecule has 0 amide bonds. The van der Waals surface area contributed by atoms with Crippen molar-refractivity contribution < 1.29 is 51.8 Å². The van der Waals surface area contributed by atoms with Crippen molar-refractivity contribution in [2.75, 3.05) is 20.3 Å². The summed E-state index contributed by atoms with van der Waals surface area (Å²) in [6.07, 6.45) is -10.8. The maximum absolute atomic E-state index is 17.4. The molecule has 5 aromatic carbocycles. The van der Waals surface area contributed by atoms with Gasteiger partial charge in [-0.2, -0.15) is 0 Å². The van der Waals surface area contributed by atoms with E-state index in [0.29, 0.717) is 6.61 Å². The van der Waals surface area contributed by atoms with Crippen molar-refractivity contribution in [2.24, 2.45) is 0 Å². The molecule has 8 rings (SSSR count). The minimum absolute atomic E-state index is 0.0741. The van der Waals surface area contributed by atoms with Crippen molar-refractivity contribution >= 4 is 0 Å². The van der Waals surface area contributed by atoms with Gasteiger partial charge in [0.05, 0.1) is 39.6 Å². The first-order valence-corrected chi connectivity index (χ1v) is 20.2. The Bertz CT molecular complexity index is 1950. The molecule has 3 heterocycles. The molecule has 0 spiro atoms. The maximum atomic E-state index is 17.4. The van der Waals surface area contributed by atoms with Crippen LogP contribution in [0.15, 0.2) is 152 Å². The highest BCUT2D eigenvalue weighted by molar-refractivity contribution is 5.18. The van der Waals surface area contributed by atoms with E-state index in [9.17, 15) is 0 Å². The lowest BCUT2D eigenvalue weighted by Crippen LogP contribution is -2.66. The summed E-state index contributed by atoms with van der Waals surface area (Å²) in [5, 5.41) is 0. The lowest BCUT2D eigenvalue weighted by atomic mass is 9.96. The molecule has 3 aliphatic heterocycles. The highest BCUT2D eigenvalue weighted by Gasteiger charge is 2.55. The highest BCUT2D eigenvalue weighted by Crippen LogP contribution is 2.39. The number of alkyl halides is 1. The molecule has 0 bridgehead atoms. The van der Waals surface area contributed by atoms with Crippen LogP contribution in [0.5, 0.6) is 0 Å². The first kappa shape index (κ1) is 41.4. The molecule has 0 aliphatic carbocycles. The van der Waals surface area contributed by atoms with Crippen LogP contribution < -0.4 is 0 Å². The summed E-state index contributed by atoms with van der Waals surface area (Å²) >= 11 is 0.